The number of benzene rings is 2. The molecule has 0 bridgehead atoms. The van der Waals surface area contributed by atoms with Gasteiger partial charge in [-0.1, -0.05) is 48.3 Å². The Kier molecular flexibility index (Phi) is 7.87. The molecule has 0 fully saturated rings. The lowest BCUT2D eigenvalue weighted by molar-refractivity contribution is -0.123. The fraction of sp³-hybridized carbons (Fsp3) is 0.333. The van der Waals surface area contributed by atoms with Crippen LogP contribution in [-0.4, -0.2) is 35.8 Å². The minimum Gasteiger partial charge on any atom is -0.324 e. The number of nitrogens with zero attached hydrogens (tertiary/aromatic N) is 1. The quantitative estimate of drug-likeness (QED) is 0.668. The smallest absolute Gasteiger partial charge is 0.241 e. The van der Waals surface area contributed by atoms with E-state index in [-0.39, 0.29) is 18.4 Å². The summed E-state index contributed by atoms with van der Waals surface area (Å²) < 4.78 is 0. The molecule has 0 aromatic heterocycles. The second kappa shape index (κ2) is 9.92. The van der Waals surface area contributed by atoms with Crippen LogP contribution in [-0.2, 0) is 9.59 Å². The Morgan fingerprint density at radius 2 is 1.71 bits per heavy atom. The topological polar surface area (TPSA) is 61.4 Å². The summed E-state index contributed by atoms with van der Waals surface area (Å²) in [5, 5.41) is 6.41. The van der Waals surface area contributed by atoms with E-state index in [1.54, 1.807) is 30.0 Å². The molecule has 0 spiro atoms. The lowest BCUT2D eigenvalue weighted by Crippen LogP contribution is -2.45. The summed E-state index contributed by atoms with van der Waals surface area (Å²) >= 11 is 12.2. The lowest BCUT2D eigenvalue weighted by Gasteiger charge is -2.26. The van der Waals surface area contributed by atoms with E-state index in [2.05, 4.69) is 10.6 Å². The summed E-state index contributed by atoms with van der Waals surface area (Å²) in [6, 6.07) is 10.4. The Morgan fingerprint density at radius 3 is 2.32 bits per heavy atom. The van der Waals surface area contributed by atoms with Gasteiger partial charge in [-0.15, -0.1) is 0 Å². The number of amides is 2. The molecule has 0 aliphatic rings. The van der Waals surface area contributed by atoms with Crippen molar-refractivity contribution in [2.75, 3.05) is 23.7 Å². The number of hydrogen-bond donors (Lipinski definition) is 2. The van der Waals surface area contributed by atoms with Crippen LogP contribution in [0.2, 0.25) is 10.0 Å². The van der Waals surface area contributed by atoms with Crippen molar-refractivity contribution in [2.24, 2.45) is 0 Å². The van der Waals surface area contributed by atoms with E-state index >= 15 is 0 Å². The zero-order valence-electron chi connectivity index (χ0n) is 16.5. The molecule has 0 heterocycles. The minimum atomic E-state index is -0.489. The Hall–Kier alpha value is -2.08. The molecular weight excluding hydrogens is 397 g/mol. The number of rotatable bonds is 7. The molecule has 2 amide bonds. The summed E-state index contributed by atoms with van der Waals surface area (Å²) in [6.07, 6.45) is 0. The predicted molar refractivity (Wildman–Crippen MR) is 116 cm³/mol. The van der Waals surface area contributed by atoms with Gasteiger partial charge in [0.2, 0.25) is 11.8 Å². The van der Waals surface area contributed by atoms with Crippen molar-refractivity contribution in [1.82, 2.24) is 4.90 Å². The first kappa shape index (κ1) is 22.2. The van der Waals surface area contributed by atoms with Gasteiger partial charge in [0.25, 0.3) is 0 Å². The van der Waals surface area contributed by atoms with Crippen LogP contribution in [0.1, 0.15) is 25.0 Å². The molecule has 7 heteroatoms. The van der Waals surface area contributed by atoms with Gasteiger partial charge >= 0.3 is 0 Å². The highest BCUT2D eigenvalue weighted by Gasteiger charge is 2.23. The molecule has 0 aliphatic heterocycles. The van der Waals surface area contributed by atoms with Crippen LogP contribution in [0.15, 0.2) is 36.4 Å². The minimum absolute atomic E-state index is 0.0411. The van der Waals surface area contributed by atoms with Gasteiger partial charge in [0, 0.05) is 5.69 Å². The molecule has 28 heavy (non-hydrogen) atoms. The molecule has 5 nitrogen and oxygen atoms in total. The van der Waals surface area contributed by atoms with Crippen molar-refractivity contribution in [3.63, 3.8) is 0 Å². The molecule has 1 atom stereocenters. The van der Waals surface area contributed by atoms with Crippen LogP contribution < -0.4 is 10.6 Å². The number of halogens is 2. The number of hydrogen-bond acceptors (Lipinski definition) is 3. The number of nitrogens with one attached hydrogen (secondary N) is 2. The zero-order valence-corrected chi connectivity index (χ0v) is 18.0. The number of carbonyl (C=O) groups excluding carboxylic acids is 2. The summed E-state index contributed by atoms with van der Waals surface area (Å²) in [6.45, 7) is 8.17. The highest BCUT2D eigenvalue weighted by molar-refractivity contribution is 6.39. The van der Waals surface area contributed by atoms with Gasteiger partial charge in [-0.2, -0.15) is 0 Å². The number of anilines is 2. The first-order valence-electron chi connectivity index (χ1n) is 9.09. The van der Waals surface area contributed by atoms with Crippen LogP contribution in [0.25, 0.3) is 0 Å². The van der Waals surface area contributed by atoms with E-state index in [0.717, 1.165) is 16.8 Å². The van der Waals surface area contributed by atoms with E-state index in [9.17, 15) is 9.59 Å². The van der Waals surface area contributed by atoms with Gasteiger partial charge in [0.1, 0.15) is 0 Å². The number of aryl methyl sites for hydroxylation is 2. The zero-order chi connectivity index (χ0) is 20.8. The normalized spacial score (nSPS) is 12.0. The number of carbonyl (C=O) groups is 2. The lowest BCUT2D eigenvalue weighted by atomic mass is 10.1. The Labute approximate surface area is 176 Å². The second-order valence-corrected chi connectivity index (χ2v) is 7.51. The van der Waals surface area contributed by atoms with Gasteiger partial charge in [-0.3, -0.25) is 14.5 Å². The maximum Gasteiger partial charge on any atom is 0.241 e. The predicted octanol–water partition coefficient (Wildman–Crippen LogP) is 4.90. The monoisotopic (exact) mass is 421 g/mol. The molecule has 150 valence electrons. The van der Waals surface area contributed by atoms with Gasteiger partial charge in [0.15, 0.2) is 0 Å². The van der Waals surface area contributed by atoms with Crippen LogP contribution in [0.3, 0.4) is 0 Å². The third-order valence-corrected chi connectivity index (χ3v) is 5.19. The van der Waals surface area contributed by atoms with Gasteiger partial charge in [-0.05, 0) is 56.6 Å². The summed E-state index contributed by atoms with van der Waals surface area (Å²) in [5.41, 5.74) is 3.21. The molecule has 0 radical (unpaired) electrons. The Balaban J connectivity index is 2.04. The number of likely N-dealkylation sites (N-methyl/N-ethyl adjacent to an activating group) is 1. The van der Waals surface area contributed by atoms with Crippen LogP contribution in [0.5, 0.6) is 0 Å². The first-order valence-corrected chi connectivity index (χ1v) is 9.84. The molecule has 2 N–H and O–H groups in total. The van der Waals surface area contributed by atoms with Crippen LogP contribution >= 0.6 is 23.2 Å². The fourth-order valence-corrected chi connectivity index (χ4v) is 3.27. The maximum atomic E-state index is 12.7. The largest absolute Gasteiger partial charge is 0.324 e. The van der Waals surface area contributed by atoms with Crippen molar-refractivity contribution in [2.45, 2.75) is 33.7 Å². The third kappa shape index (κ3) is 5.71. The molecular formula is C21H25Cl2N3O2. The van der Waals surface area contributed by atoms with Crippen molar-refractivity contribution in [1.29, 1.82) is 0 Å². The molecule has 0 saturated heterocycles. The van der Waals surface area contributed by atoms with Crippen LogP contribution in [0, 0.1) is 13.8 Å². The summed E-state index contributed by atoms with van der Waals surface area (Å²) in [5.74, 6) is -0.456. The molecule has 2 rings (SSSR count). The Bertz CT molecular complexity index is 850. The highest BCUT2D eigenvalue weighted by Crippen LogP contribution is 2.29. The standard InChI is InChI=1S/C21H25Cl2N3O2/c1-5-26(12-19(27)25-20-16(22)7-6-8-17(20)23)15(4)21(28)24-18-11-13(2)9-10-14(18)3/h6-11,15H,5,12H2,1-4H3,(H,24,28)(H,25,27). The van der Waals surface area contributed by atoms with E-state index < -0.39 is 6.04 Å². The average Bonchev–Trinajstić information content (AvgIpc) is 2.65. The van der Waals surface area contributed by atoms with Gasteiger partial charge in [-0.25, -0.2) is 0 Å². The molecule has 0 aliphatic carbocycles. The van der Waals surface area contributed by atoms with Crippen molar-refractivity contribution < 1.29 is 9.59 Å². The fourth-order valence-electron chi connectivity index (χ4n) is 2.78. The molecule has 2 aromatic rings. The number of para-hydroxylation sites is 1. The second-order valence-electron chi connectivity index (χ2n) is 6.69. The van der Waals surface area contributed by atoms with E-state index in [1.165, 1.54) is 0 Å². The average molecular weight is 422 g/mol. The highest BCUT2D eigenvalue weighted by atomic mass is 35.5. The third-order valence-electron chi connectivity index (χ3n) is 4.56. The van der Waals surface area contributed by atoms with Crippen molar-refractivity contribution in [3.8, 4) is 0 Å². The van der Waals surface area contributed by atoms with Gasteiger partial charge in [0.05, 0.1) is 28.3 Å². The first-order chi connectivity index (χ1) is 13.2. The maximum absolute atomic E-state index is 12.7. The van der Waals surface area contributed by atoms with Crippen LogP contribution in [0.4, 0.5) is 11.4 Å². The summed E-state index contributed by atoms with van der Waals surface area (Å²) in [7, 11) is 0. The van der Waals surface area contributed by atoms with Crippen molar-refractivity contribution in [3.05, 3.63) is 57.6 Å². The molecule has 2 aromatic carbocycles. The summed E-state index contributed by atoms with van der Waals surface area (Å²) in [4.78, 5) is 26.9. The Morgan fingerprint density at radius 1 is 1.07 bits per heavy atom. The van der Waals surface area contributed by atoms with Gasteiger partial charge < -0.3 is 10.6 Å². The van der Waals surface area contributed by atoms with E-state index in [0.29, 0.717) is 22.3 Å². The van der Waals surface area contributed by atoms with Crippen molar-refractivity contribution >= 4 is 46.4 Å². The SMILES string of the molecule is CCN(CC(=O)Nc1c(Cl)cccc1Cl)C(C)C(=O)Nc1cc(C)ccc1C. The molecule has 1 unspecified atom stereocenters. The van der Waals surface area contributed by atoms with E-state index in [4.69, 9.17) is 23.2 Å². The van der Waals surface area contributed by atoms with E-state index in [1.807, 2.05) is 39.0 Å². The molecule has 0 saturated carbocycles.